The number of carboxylic acids is 1. The van der Waals surface area contributed by atoms with Crippen LogP contribution >= 0.6 is 0 Å². The third-order valence-electron chi connectivity index (χ3n) is 5.08. The Morgan fingerprint density at radius 2 is 1.59 bits per heavy atom. The van der Waals surface area contributed by atoms with Crippen LogP contribution in [-0.2, 0) is 4.79 Å². The topological polar surface area (TPSA) is 63.3 Å². The van der Waals surface area contributed by atoms with Gasteiger partial charge in [0.25, 0.3) is 0 Å². The number of hydrogen-bond acceptors (Lipinski definition) is 3. The highest BCUT2D eigenvalue weighted by atomic mass is 16.4. The molecule has 3 rings (SSSR count). The maximum Gasteiger partial charge on any atom is 0.315 e. The SMILES string of the molecule is CCCC(c1ccccc1)C(CC(C(=O)O)c1ncco1)c1ccccc1. The summed E-state index contributed by atoms with van der Waals surface area (Å²) in [4.78, 5) is 16.1. The van der Waals surface area contributed by atoms with Crippen molar-refractivity contribution >= 4 is 5.97 Å². The maximum absolute atomic E-state index is 12.0. The first-order valence-corrected chi connectivity index (χ1v) is 9.42. The summed E-state index contributed by atoms with van der Waals surface area (Å²) >= 11 is 0. The molecule has 140 valence electrons. The highest BCUT2D eigenvalue weighted by molar-refractivity contribution is 5.74. The second-order valence-corrected chi connectivity index (χ2v) is 6.82. The molecule has 0 aliphatic carbocycles. The minimum atomic E-state index is -0.901. The maximum atomic E-state index is 12.0. The minimum absolute atomic E-state index is 0.0570. The van der Waals surface area contributed by atoms with Crippen LogP contribution in [0.5, 0.6) is 0 Å². The Morgan fingerprint density at radius 3 is 2.07 bits per heavy atom. The van der Waals surface area contributed by atoms with Crippen molar-refractivity contribution in [1.82, 2.24) is 4.98 Å². The monoisotopic (exact) mass is 363 g/mol. The number of hydrogen-bond donors (Lipinski definition) is 1. The Balaban J connectivity index is 2.01. The molecule has 0 saturated carbocycles. The van der Waals surface area contributed by atoms with Gasteiger partial charge in [-0.1, -0.05) is 74.0 Å². The van der Waals surface area contributed by atoms with Crippen LogP contribution in [0.2, 0.25) is 0 Å². The summed E-state index contributed by atoms with van der Waals surface area (Å²) < 4.78 is 5.35. The molecular formula is C23H25NO3. The molecule has 4 heteroatoms. The molecule has 2 aromatic carbocycles. The summed E-state index contributed by atoms with van der Waals surface area (Å²) in [6.07, 6.45) is 5.40. The van der Waals surface area contributed by atoms with Crippen molar-refractivity contribution in [2.24, 2.45) is 0 Å². The smallest absolute Gasteiger partial charge is 0.315 e. The van der Waals surface area contributed by atoms with Gasteiger partial charge in [-0.25, -0.2) is 4.98 Å². The van der Waals surface area contributed by atoms with E-state index >= 15 is 0 Å². The van der Waals surface area contributed by atoms with Crippen LogP contribution in [-0.4, -0.2) is 16.1 Å². The average Bonchev–Trinajstić information content (AvgIpc) is 3.23. The number of carbonyl (C=O) groups is 1. The normalized spacial score (nSPS) is 14.4. The van der Waals surface area contributed by atoms with Gasteiger partial charge < -0.3 is 9.52 Å². The van der Waals surface area contributed by atoms with E-state index in [0.717, 1.165) is 18.4 Å². The molecule has 0 aliphatic heterocycles. The van der Waals surface area contributed by atoms with Crippen molar-refractivity contribution in [3.8, 4) is 0 Å². The molecular weight excluding hydrogens is 338 g/mol. The Hall–Kier alpha value is -2.88. The fraction of sp³-hybridized carbons (Fsp3) is 0.304. The zero-order chi connectivity index (χ0) is 19.1. The fourth-order valence-electron chi connectivity index (χ4n) is 3.81. The molecule has 0 radical (unpaired) electrons. The first kappa shape index (κ1) is 18.9. The highest BCUT2D eigenvalue weighted by Crippen LogP contribution is 2.42. The zero-order valence-corrected chi connectivity index (χ0v) is 15.5. The lowest BCUT2D eigenvalue weighted by Crippen LogP contribution is -2.20. The van der Waals surface area contributed by atoms with Gasteiger partial charge in [-0.3, -0.25) is 4.79 Å². The van der Waals surface area contributed by atoms with Crippen LogP contribution in [0.25, 0.3) is 0 Å². The van der Waals surface area contributed by atoms with Gasteiger partial charge in [-0.05, 0) is 35.8 Å². The third-order valence-corrected chi connectivity index (χ3v) is 5.08. The lowest BCUT2D eigenvalue weighted by atomic mass is 9.74. The van der Waals surface area contributed by atoms with Crippen molar-refractivity contribution < 1.29 is 14.3 Å². The van der Waals surface area contributed by atoms with E-state index in [1.807, 2.05) is 36.4 Å². The summed E-state index contributed by atoms with van der Waals surface area (Å²) in [5.74, 6) is -1.11. The van der Waals surface area contributed by atoms with Gasteiger partial charge in [-0.15, -0.1) is 0 Å². The predicted octanol–water partition coefficient (Wildman–Crippen LogP) is 5.60. The van der Waals surface area contributed by atoms with E-state index in [-0.39, 0.29) is 17.7 Å². The zero-order valence-electron chi connectivity index (χ0n) is 15.5. The number of oxazole rings is 1. The number of aromatic nitrogens is 1. The van der Waals surface area contributed by atoms with Gasteiger partial charge in [0, 0.05) is 0 Å². The molecule has 0 fully saturated rings. The van der Waals surface area contributed by atoms with Gasteiger partial charge in [0.2, 0.25) is 5.89 Å². The Bertz CT molecular complexity index is 815. The molecule has 4 nitrogen and oxygen atoms in total. The minimum Gasteiger partial charge on any atom is -0.481 e. The molecule has 1 N–H and O–H groups in total. The molecule has 3 atom stereocenters. The van der Waals surface area contributed by atoms with Crippen LogP contribution < -0.4 is 0 Å². The summed E-state index contributed by atoms with van der Waals surface area (Å²) in [7, 11) is 0. The van der Waals surface area contributed by atoms with Crippen LogP contribution in [0.4, 0.5) is 0 Å². The summed E-state index contributed by atoms with van der Waals surface area (Å²) in [6, 6.07) is 20.6. The van der Waals surface area contributed by atoms with Crippen molar-refractivity contribution in [2.75, 3.05) is 0 Å². The number of rotatable bonds is 9. The highest BCUT2D eigenvalue weighted by Gasteiger charge is 2.33. The molecule has 0 spiro atoms. The van der Waals surface area contributed by atoms with E-state index in [2.05, 4.69) is 36.2 Å². The number of benzene rings is 2. The number of aliphatic carboxylic acids is 1. The quantitative estimate of drug-likeness (QED) is 0.537. The van der Waals surface area contributed by atoms with Crippen molar-refractivity contribution in [3.63, 3.8) is 0 Å². The van der Waals surface area contributed by atoms with Gasteiger partial charge in [-0.2, -0.15) is 0 Å². The van der Waals surface area contributed by atoms with Crippen molar-refractivity contribution in [1.29, 1.82) is 0 Å². The second kappa shape index (κ2) is 9.17. The summed E-state index contributed by atoms with van der Waals surface area (Å²) in [5.41, 5.74) is 2.39. The summed E-state index contributed by atoms with van der Waals surface area (Å²) in [6.45, 7) is 2.17. The van der Waals surface area contributed by atoms with Crippen LogP contribution in [0.1, 0.15) is 61.0 Å². The van der Waals surface area contributed by atoms with E-state index in [1.54, 1.807) is 0 Å². The molecule has 27 heavy (non-hydrogen) atoms. The molecule has 3 aromatic rings. The molecule has 1 heterocycles. The van der Waals surface area contributed by atoms with E-state index in [1.165, 1.54) is 18.0 Å². The number of nitrogens with zero attached hydrogens (tertiary/aromatic N) is 1. The van der Waals surface area contributed by atoms with Gasteiger partial charge in [0.05, 0.1) is 6.20 Å². The van der Waals surface area contributed by atoms with Gasteiger partial charge in [0.15, 0.2) is 0 Å². The van der Waals surface area contributed by atoms with E-state index in [9.17, 15) is 9.90 Å². The Kier molecular flexibility index (Phi) is 6.42. The molecule has 3 unspecified atom stereocenters. The fourth-order valence-corrected chi connectivity index (χ4v) is 3.81. The molecule has 0 aliphatic rings. The van der Waals surface area contributed by atoms with Gasteiger partial charge in [0.1, 0.15) is 12.2 Å². The van der Waals surface area contributed by atoms with Crippen LogP contribution in [0.3, 0.4) is 0 Å². The number of carboxylic acid groups (broad SMARTS) is 1. The molecule has 0 bridgehead atoms. The largest absolute Gasteiger partial charge is 0.481 e. The van der Waals surface area contributed by atoms with Crippen molar-refractivity contribution in [2.45, 2.75) is 43.9 Å². The standard InChI is InChI=1S/C23H25NO3/c1-2-9-19(17-10-5-3-6-11-17)20(18-12-7-4-8-13-18)16-21(23(25)26)22-24-14-15-27-22/h3-8,10-15,19-21H,2,9,16H2,1H3,(H,25,26). The third kappa shape index (κ3) is 4.64. The molecule has 0 saturated heterocycles. The van der Waals surface area contributed by atoms with Crippen LogP contribution in [0, 0.1) is 0 Å². The second-order valence-electron chi connectivity index (χ2n) is 6.82. The Morgan fingerprint density at radius 1 is 1.00 bits per heavy atom. The average molecular weight is 363 g/mol. The van der Waals surface area contributed by atoms with E-state index in [4.69, 9.17) is 4.42 Å². The first-order chi connectivity index (χ1) is 13.2. The lowest BCUT2D eigenvalue weighted by molar-refractivity contribution is -0.139. The summed E-state index contributed by atoms with van der Waals surface area (Å²) in [5, 5.41) is 9.82. The van der Waals surface area contributed by atoms with Gasteiger partial charge >= 0.3 is 5.97 Å². The van der Waals surface area contributed by atoms with E-state index < -0.39 is 11.9 Å². The Labute approximate surface area is 159 Å². The van der Waals surface area contributed by atoms with E-state index in [0.29, 0.717) is 6.42 Å². The molecule has 1 aromatic heterocycles. The molecule has 0 amide bonds. The lowest BCUT2D eigenvalue weighted by Gasteiger charge is -2.29. The predicted molar refractivity (Wildman–Crippen MR) is 105 cm³/mol. The van der Waals surface area contributed by atoms with Crippen molar-refractivity contribution in [3.05, 3.63) is 90.1 Å². The van der Waals surface area contributed by atoms with Crippen LogP contribution in [0.15, 0.2) is 77.5 Å². The first-order valence-electron chi connectivity index (χ1n) is 9.42.